The average molecular weight is 250 g/mol. The Morgan fingerprint density at radius 1 is 1.39 bits per heavy atom. The molecule has 0 amide bonds. The Morgan fingerprint density at radius 3 is 2.89 bits per heavy atom. The van der Waals surface area contributed by atoms with E-state index in [0.29, 0.717) is 5.88 Å². The van der Waals surface area contributed by atoms with E-state index in [1.807, 2.05) is 6.07 Å². The highest BCUT2D eigenvalue weighted by Gasteiger charge is 2.18. The van der Waals surface area contributed by atoms with Gasteiger partial charge in [0.2, 0.25) is 5.88 Å². The van der Waals surface area contributed by atoms with Gasteiger partial charge in [-0.3, -0.25) is 0 Å². The minimum absolute atomic E-state index is 0.594. The predicted octanol–water partition coefficient (Wildman–Crippen LogP) is 1.77. The van der Waals surface area contributed by atoms with E-state index >= 15 is 0 Å². The van der Waals surface area contributed by atoms with E-state index in [-0.39, 0.29) is 0 Å². The zero-order chi connectivity index (χ0) is 12.8. The number of hydrogen-bond donors (Lipinski definition) is 1. The molecular formula is C13H22N4O. The van der Waals surface area contributed by atoms with Crippen molar-refractivity contribution in [2.24, 2.45) is 0 Å². The first-order valence-corrected chi connectivity index (χ1v) is 6.60. The van der Waals surface area contributed by atoms with Gasteiger partial charge in [-0.2, -0.15) is 0 Å². The second kappa shape index (κ2) is 6.54. The number of hydrogen-bond acceptors (Lipinski definition) is 5. The molecule has 1 aliphatic rings. The minimum Gasteiger partial charge on any atom is -0.481 e. The van der Waals surface area contributed by atoms with Crippen molar-refractivity contribution in [2.75, 3.05) is 32.6 Å². The summed E-state index contributed by atoms with van der Waals surface area (Å²) in [7, 11) is 3.82. The monoisotopic (exact) mass is 250 g/mol. The van der Waals surface area contributed by atoms with Gasteiger partial charge in [-0.15, -0.1) is 0 Å². The van der Waals surface area contributed by atoms with Crippen molar-refractivity contribution in [2.45, 2.75) is 31.7 Å². The third-order valence-corrected chi connectivity index (χ3v) is 3.57. The Bertz CT molecular complexity index is 366. The largest absolute Gasteiger partial charge is 0.481 e. The van der Waals surface area contributed by atoms with E-state index < -0.39 is 0 Å². The van der Waals surface area contributed by atoms with Crippen LogP contribution in [0.1, 0.15) is 25.7 Å². The molecule has 0 saturated heterocycles. The standard InChI is InChI=1S/C13H22N4O/c1-17(11-5-3-4-6-11)8-7-14-12-9-13(18-2)16-10-15-12/h9-11H,3-8H2,1-2H3,(H,14,15,16). The smallest absolute Gasteiger partial charge is 0.218 e. The summed E-state index contributed by atoms with van der Waals surface area (Å²) >= 11 is 0. The Labute approximate surface area is 109 Å². The lowest BCUT2D eigenvalue weighted by molar-refractivity contribution is 0.254. The Hall–Kier alpha value is -1.36. The summed E-state index contributed by atoms with van der Waals surface area (Å²) in [6.45, 7) is 1.93. The molecule has 1 aromatic heterocycles. The van der Waals surface area contributed by atoms with Crippen LogP contribution in [0.15, 0.2) is 12.4 Å². The summed E-state index contributed by atoms with van der Waals surface area (Å²) < 4.78 is 5.06. The van der Waals surface area contributed by atoms with Crippen molar-refractivity contribution < 1.29 is 4.74 Å². The number of nitrogens with one attached hydrogen (secondary N) is 1. The summed E-state index contributed by atoms with van der Waals surface area (Å²) in [6.07, 6.45) is 6.97. The number of ether oxygens (including phenoxy) is 1. The van der Waals surface area contributed by atoms with Gasteiger partial charge in [0.15, 0.2) is 0 Å². The first kappa shape index (κ1) is 13.1. The maximum atomic E-state index is 5.06. The van der Waals surface area contributed by atoms with Crippen molar-refractivity contribution in [1.29, 1.82) is 0 Å². The quantitative estimate of drug-likeness (QED) is 0.834. The van der Waals surface area contributed by atoms with Gasteiger partial charge in [-0.25, -0.2) is 9.97 Å². The minimum atomic E-state index is 0.594. The summed E-state index contributed by atoms with van der Waals surface area (Å²) in [5, 5.41) is 3.30. The number of anilines is 1. The Morgan fingerprint density at radius 2 is 2.17 bits per heavy atom. The molecule has 0 atom stereocenters. The van der Waals surface area contributed by atoms with E-state index in [1.54, 1.807) is 7.11 Å². The number of likely N-dealkylation sites (N-methyl/N-ethyl adjacent to an activating group) is 1. The topological polar surface area (TPSA) is 50.3 Å². The van der Waals surface area contributed by atoms with Crippen LogP contribution < -0.4 is 10.1 Å². The van der Waals surface area contributed by atoms with Crippen molar-refractivity contribution in [1.82, 2.24) is 14.9 Å². The van der Waals surface area contributed by atoms with Crippen molar-refractivity contribution in [3.05, 3.63) is 12.4 Å². The van der Waals surface area contributed by atoms with E-state index in [9.17, 15) is 0 Å². The van der Waals surface area contributed by atoms with Crippen LogP contribution in [0.25, 0.3) is 0 Å². The molecule has 0 bridgehead atoms. The zero-order valence-corrected chi connectivity index (χ0v) is 11.2. The molecule has 2 rings (SSSR count). The number of aromatic nitrogens is 2. The first-order valence-electron chi connectivity index (χ1n) is 6.60. The SMILES string of the molecule is COc1cc(NCCN(C)C2CCCC2)ncn1. The molecule has 100 valence electrons. The van der Waals surface area contributed by atoms with Crippen molar-refractivity contribution in [3.63, 3.8) is 0 Å². The third-order valence-electron chi connectivity index (χ3n) is 3.57. The van der Waals surface area contributed by atoms with Gasteiger partial charge >= 0.3 is 0 Å². The Balaban J connectivity index is 1.73. The number of methoxy groups -OCH3 is 1. The molecule has 0 radical (unpaired) electrons. The summed E-state index contributed by atoms with van der Waals surface area (Å²) in [4.78, 5) is 10.6. The molecule has 0 aromatic carbocycles. The first-order chi connectivity index (χ1) is 8.79. The van der Waals surface area contributed by atoms with Gasteiger partial charge in [-0.05, 0) is 19.9 Å². The van der Waals surface area contributed by atoms with Gasteiger partial charge in [0, 0.05) is 25.2 Å². The molecule has 0 aliphatic heterocycles. The molecule has 1 aromatic rings. The van der Waals surface area contributed by atoms with Gasteiger partial charge in [-0.1, -0.05) is 12.8 Å². The molecule has 1 aliphatic carbocycles. The van der Waals surface area contributed by atoms with Crippen molar-refractivity contribution >= 4 is 5.82 Å². The van der Waals surface area contributed by atoms with Crippen LogP contribution in [-0.4, -0.2) is 48.2 Å². The van der Waals surface area contributed by atoms with Crippen LogP contribution in [0.3, 0.4) is 0 Å². The molecule has 1 N–H and O–H groups in total. The third kappa shape index (κ3) is 3.57. The molecule has 5 nitrogen and oxygen atoms in total. The molecule has 0 spiro atoms. The van der Waals surface area contributed by atoms with Crippen LogP contribution >= 0.6 is 0 Å². The molecule has 5 heteroatoms. The molecule has 1 fully saturated rings. The number of rotatable bonds is 6. The van der Waals surface area contributed by atoms with E-state index in [4.69, 9.17) is 4.74 Å². The summed E-state index contributed by atoms with van der Waals surface area (Å²) in [5.74, 6) is 1.42. The Kier molecular flexibility index (Phi) is 4.75. The predicted molar refractivity (Wildman–Crippen MR) is 72.0 cm³/mol. The maximum Gasteiger partial charge on any atom is 0.218 e. The van der Waals surface area contributed by atoms with Crippen LogP contribution in [-0.2, 0) is 0 Å². The van der Waals surface area contributed by atoms with Crippen molar-refractivity contribution in [3.8, 4) is 5.88 Å². The zero-order valence-electron chi connectivity index (χ0n) is 11.2. The van der Waals surface area contributed by atoms with Gasteiger partial charge in [0.05, 0.1) is 7.11 Å². The fraction of sp³-hybridized carbons (Fsp3) is 0.692. The van der Waals surface area contributed by atoms with Crippen LogP contribution in [0.4, 0.5) is 5.82 Å². The molecule has 1 heterocycles. The fourth-order valence-corrected chi connectivity index (χ4v) is 2.44. The second-order valence-electron chi connectivity index (χ2n) is 4.79. The highest BCUT2D eigenvalue weighted by atomic mass is 16.5. The second-order valence-corrected chi connectivity index (χ2v) is 4.79. The normalized spacial score (nSPS) is 16.2. The fourth-order valence-electron chi connectivity index (χ4n) is 2.44. The van der Waals surface area contributed by atoms with Gasteiger partial charge in [0.1, 0.15) is 12.1 Å². The maximum absolute atomic E-state index is 5.06. The molecular weight excluding hydrogens is 228 g/mol. The van der Waals surface area contributed by atoms with Gasteiger partial charge in [0.25, 0.3) is 0 Å². The lowest BCUT2D eigenvalue weighted by Gasteiger charge is -2.24. The van der Waals surface area contributed by atoms with Crippen LogP contribution in [0.2, 0.25) is 0 Å². The lowest BCUT2D eigenvalue weighted by atomic mass is 10.2. The molecule has 1 saturated carbocycles. The average Bonchev–Trinajstić information content (AvgIpc) is 2.93. The highest BCUT2D eigenvalue weighted by molar-refractivity contribution is 5.36. The van der Waals surface area contributed by atoms with E-state index in [1.165, 1.54) is 32.0 Å². The lowest BCUT2D eigenvalue weighted by Crippen LogP contribution is -2.33. The summed E-state index contributed by atoms with van der Waals surface area (Å²) in [6, 6.07) is 2.59. The molecule has 0 unspecified atom stereocenters. The van der Waals surface area contributed by atoms with E-state index in [0.717, 1.165) is 24.9 Å². The van der Waals surface area contributed by atoms with Gasteiger partial charge < -0.3 is 15.0 Å². The highest BCUT2D eigenvalue weighted by Crippen LogP contribution is 2.21. The van der Waals surface area contributed by atoms with Crippen LogP contribution in [0, 0.1) is 0 Å². The van der Waals surface area contributed by atoms with E-state index in [2.05, 4.69) is 27.2 Å². The molecule has 18 heavy (non-hydrogen) atoms. The summed E-state index contributed by atoms with van der Waals surface area (Å²) in [5.41, 5.74) is 0. The number of nitrogens with zero attached hydrogens (tertiary/aromatic N) is 3. The van der Waals surface area contributed by atoms with Crippen LogP contribution in [0.5, 0.6) is 5.88 Å².